The molecule has 0 saturated heterocycles. The number of nitrogen functional groups attached to an aromatic ring is 1. The number of ether oxygens (including phenoxy) is 1. The van der Waals surface area contributed by atoms with Gasteiger partial charge in [0.15, 0.2) is 0 Å². The number of benzene rings is 1. The summed E-state index contributed by atoms with van der Waals surface area (Å²) < 4.78 is 5.18. The van der Waals surface area contributed by atoms with Gasteiger partial charge in [0.05, 0.1) is 5.56 Å². The maximum absolute atomic E-state index is 11.6. The first-order chi connectivity index (χ1) is 8.17. The summed E-state index contributed by atoms with van der Waals surface area (Å²) in [4.78, 5) is 13.8. The molecule has 0 radical (unpaired) electrons. The second kappa shape index (κ2) is 6.91. The molecule has 0 aliphatic heterocycles. The third kappa shape index (κ3) is 4.44. The van der Waals surface area contributed by atoms with E-state index in [4.69, 9.17) is 10.5 Å². The number of anilines is 1. The molecule has 0 amide bonds. The maximum Gasteiger partial charge on any atom is 0.338 e. The molecule has 0 unspecified atom stereocenters. The minimum atomic E-state index is -0.294. The van der Waals surface area contributed by atoms with Gasteiger partial charge in [-0.25, -0.2) is 4.79 Å². The average Bonchev–Trinajstić information content (AvgIpc) is 2.35. The molecular formula is C13H20N2O2. The number of rotatable bonds is 6. The van der Waals surface area contributed by atoms with E-state index in [0.717, 1.165) is 19.6 Å². The third-order valence-electron chi connectivity index (χ3n) is 2.68. The molecule has 17 heavy (non-hydrogen) atoms. The molecule has 0 aliphatic rings. The lowest BCUT2D eigenvalue weighted by Crippen LogP contribution is -2.27. The van der Waals surface area contributed by atoms with Crippen LogP contribution in [0.2, 0.25) is 0 Å². The normalized spacial score (nSPS) is 10.5. The Morgan fingerprint density at radius 2 is 1.82 bits per heavy atom. The summed E-state index contributed by atoms with van der Waals surface area (Å²) in [5.41, 5.74) is 6.73. The number of esters is 1. The zero-order valence-corrected chi connectivity index (χ0v) is 10.5. The molecule has 4 nitrogen and oxygen atoms in total. The average molecular weight is 242 g/mol. The molecule has 0 aromatic heterocycles. The number of carbonyl (C=O) groups is 1. The molecule has 0 bridgehead atoms. The number of nitrogens with two attached hydrogens (primary N) is 1. The molecule has 0 atom stereocenters. The molecule has 4 heteroatoms. The summed E-state index contributed by atoms with van der Waals surface area (Å²) in [6, 6.07) is 6.74. The minimum Gasteiger partial charge on any atom is -0.461 e. The van der Waals surface area contributed by atoms with E-state index >= 15 is 0 Å². The van der Waals surface area contributed by atoms with E-state index in [-0.39, 0.29) is 5.97 Å². The summed E-state index contributed by atoms with van der Waals surface area (Å²) >= 11 is 0. The van der Waals surface area contributed by atoms with Gasteiger partial charge in [0.2, 0.25) is 0 Å². The second-order valence-electron chi connectivity index (χ2n) is 3.78. The Morgan fingerprint density at radius 3 is 2.35 bits per heavy atom. The Hall–Kier alpha value is -1.55. The summed E-state index contributed by atoms with van der Waals surface area (Å²) in [5, 5.41) is 0. The topological polar surface area (TPSA) is 55.6 Å². The second-order valence-corrected chi connectivity index (χ2v) is 3.78. The fourth-order valence-electron chi connectivity index (χ4n) is 1.51. The van der Waals surface area contributed by atoms with E-state index in [0.29, 0.717) is 17.9 Å². The Labute approximate surface area is 102 Å². The first-order valence-electron chi connectivity index (χ1n) is 5.92. The summed E-state index contributed by atoms with van der Waals surface area (Å²) in [6.07, 6.45) is 0. The highest BCUT2D eigenvalue weighted by Gasteiger charge is 2.07. The highest BCUT2D eigenvalue weighted by Crippen LogP contribution is 2.06. The van der Waals surface area contributed by atoms with Crippen molar-refractivity contribution in [3.63, 3.8) is 0 Å². The van der Waals surface area contributed by atoms with Crippen LogP contribution in [0.15, 0.2) is 24.3 Å². The predicted octanol–water partition coefficient (Wildman–Crippen LogP) is 1.77. The van der Waals surface area contributed by atoms with E-state index in [1.165, 1.54) is 0 Å². The quantitative estimate of drug-likeness (QED) is 0.610. The van der Waals surface area contributed by atoms with Gasteiger partial charge in [-0.1, -0.05) is 13.8 Å². The molecule has 0 heterocycles. The van der Waals surface area contributed by atoms with Crippen LogP contribution in [-0.2, 0) is 4.74 Å². The van der Waals surface area contributed by atoms with E-state index in [1.54, 1.807) is 24.3 Å². The SMILES string of the molecule is CCN(CC)CCOC(=O)[13c]1[13cH][13cH][13c](N)[13cH][13cH]1. The Morgan fingerprint density at radius 1 is 1.24 bits per heavy atom. The smallest absolute Gasteiger partial charge is 0.338 e. The zero-order valence-electron chi connectivity index (χ0n) is 10.5. The molecule has 94 valence electrons. The molecular weight excluding hydrogens is 222 g/mol. The number of hydrogen-bond acceptors (Lipinski definition) is 4. The molecule has 0 spiro atoms. The minimum absolute atomic E-state index is 0.294. The Kier molecular flexibility index (Phi) is 5.49. The lowest BCUT2D eigenvalue weighted by Gasteiger charge is -2.17. The van der Waals surface area contributed by atoms with Crippen LogP contribution < -0.4 is 5.73 Å². The number of nitrogens with zero attached hydrogens (tertiary/aromatic N) is 1. The lowest BCUT2D eigenvalue weighted by molar-refractivity contribution is 0.0466. The van der Waals surface area contributed by atoms with Crippen LogP contribution in [0.4, 0.5) is 5.69 Å². The van der Waals surface area contributed by atoms with Gasteiger partial charge in [-0.2, -0.15) is 0 Å². The van der Waals surface area contributed by atoms with Crippen LogP contribution in [0.1, 0.15) is 24.2 Å². The van der Waals surface area contributed by atoms with Crippen molar-refractivity contribution in [1.29, 1.82) is 0 Å². The molecule has 1 aromatic carbocycles. The van der Waals surface area contributed by atoms with Gasteiger partial charge in [0.25, 0.3) is 0 Å². The van der Waals surface area contributed by atoms with Gasteiger partial charge in [0.1, 0.15) is 6.61 Å². The van der Waals surface area contributed by atoms with Crippen molar-refractivity contribution in [2.45, 2.75) is 13.8 Å². The van der Waals surface area contributed by atoms with Gasteiger partial charge in [-0.3, -0.25) is 0 Å². The van der Waals surface area contributed by atoms with Crippen molar-refractivity contribution in [3.05, 3.63) is 29.8 Å². The molecule has 1 rings (SSSR count). The van der Waals surface area contributed by atoms with Gasteiger partial charge < -0.3 is 15.4 Å². The summed E-state index contributed by atoms with van der Waals surface area (Å²) in [7, 11) is 0. The fraction of sp³-hybridized carbons (Fsp3) is 0.462. The largest absolute Gasteiger partial charge is 0.461 e. The molecule has 0 fully saturated rings. The standard InChI is InChI=1S/C13H20N2O2/c1-3-15(4-2)9-10-17-13(16)11-5-7-12(14)8-6-11/h5-8H,3-4,9-10,14H2,1-2H3/i5+1,6+1,7+1,8+1,11+1,12+1. The van der Waals surface area contributed by atoms with Crippen LogP contribution in [0.25, 0.3) is 0 Å². The predicted molar refractivity (Wildman–Crippen MR) is 68.9 cm³/mol. The monoisotopic (exact) mass is 242 g/mol. The maximum atomic E-state index is 11.6. The van der Waals surface area contributed by atoms with Crippen LogP contribution in [0.5, 0.6) is 0 Å². The number of likely N-dealkylation sites (N-methyl/N-ethyl adjacent to an activating group) is 1. The summed E-state index contributed by atoms with van der Waals surface area (Å²) in [5.74, 6) is -0.294. The lowest BCUT2D eigenvalue weighted by atomic mass is 10.5. The molecule has 0 aliphatic carbocycles. The van der Waals surface area contributed by atoms with Gasteiger partial charge >= 0.3 is 5.97 Å². The van der Waals surface area contributed by atoms with Crippen molar-refractivity contribution < 1.29 is 9.53 Å². The fourth-order valence-corrected chi connectivity index (χ4v) is 1.51. The van der Waals surface area contributed by atoms with Crippen LogP contribution >= 0.6 is 0 Å². The van der Waals surface area contributed by atoms with Crippen molar-refractivity contribution in [3.8, 4) is 0 Å². The molecule has 1 aromatic rings. The van der Waals surface area contributed by atoms with Crippen LogP contribution in [0, 0.1) is 0 Å². The van der Waals surface area contributed by atoms with E-state index < -0.39 is 0 Å². The number of carbonyl (C=O) groups excluding carboxylic acids is 1. The Balaban J connectivity index is 2.37. The van der Waals surface area contributed by atoms with Crippen LogP contribution in [-0.4, -0.2) is 37.1 Å². The van der Waals surface area contributed by atoms with Crippen molar-refractivity contribution in [1.82, 2.24) is 4.90 Å². The van der Waals surface area contributed by atoms with E-state index in [1.807, 2.05) is 0 Å². The van der Waals surface area contributed by atoms with E-state index in [2.05, 4.69) is 18.7 Å². The highest BCUT2D eigenvalue weighted by atomic mass is 16.5. The van der Waals surface area contributed by atoms with Gasteiger partial charge in [-0.15, -0.1) is 0 Å². The highest BCUT2D eigenvalue weighted by molar-refractivity contribution is 5.89. The molecule has 0 saturated carbocycles. The number of hydrogen-bond donors (Lipinski definition) is 1. The summed E-state index contributed by atoms with van der Waals surface area (Å²) in [6.45, 7) is 7.31. The first-order valence-corrected chi connectivity index (χ1v) is 5.92. The first kappa shape index (κ1) is 13.5. The Bertz CT molecular complexity index is 345. The van der Waals surface area contributed by atoms with E-state index in [9.17, 15) is 4.79 Å². The third-order valence-corrected chi connectivity index (χ3v) is 2.68. The molecule has 2 N–H and O–H groups in total. The van der Waals surface area contributed by atoms with Gasteiger partial charge in [0, 0.05) is 12.2 Å². The van der Waals surface area contributed by atoms with Crippen molar-refractivity contribution in [2.75, 3.05) is 32.0 Å². The van der Waals surface area contributed by atoms with Crippen molar-refractivity contribution >= 4 is 11.7 Å². The van der Waals surface area contributed by atoms with Crippen LogP contribution in [0.3, 0.4) is 0 Å². The van der Waals surface area contributed by atoms with Crippen molar-refractivity contribution in [2.24, 2.45) is 0 Å². The zero-order chi connectivity index (χ0) is 12.7. The van der Waals surface area contributed by atoms with Gasteiger partial charge in [-0.05, 0) is 37.4 Å².